The molecule has 2 atom stereocenters. The smallest absolute Gasteiger partial charge is 0.304 e. The van der Waals surface area contributed by atoms with Crippen LogP contribution in [0.1, 0.15) is 24.8 Å². The van der Waals surface area contributed by atoms with Crippen molar-refractivity contribution in [2.24, 2.45) is 5.73 Å². The van der Waals surface area contributed by atoms with Gasteiger partial charge in [-0.25, -0.2) is 0 Å². The van der Waals surface area contributed by atoms with E-state index in [-0.39, 0.29) is 30.8 Å². The Labute approximate surface area is 95.7 Å². The molecule has 0 aromatic heterocycles. The monoisotopic (exact) mass is 229 g/mol. The lowest BCUT2D eigenvalue weighted by Gasteiger charge is -2.18. The Kier molecular flexibility index (Phi) is 5.97. The fourth-order valence-electron chi connectivity index (χ4n) is 1.50. The number of aliphatic carboxylic acids is 1. The number of hydrogen-bond donors (Lipinski definition) is 2. The van der Waals surface area contributed by atoms with Gasteiger partial charge in [0.15, 0.2) is 0 Å². The second kappa shape index (κ2) is 6.43. The van der Waals surface area contributed by atoms with Crippen LogP contribution in [0.2, 0.25) is 0 Å². The van der Waals surface area contributed by atoms with Crippen molar-refractivity contribution in [3.63, 3.8) is 0 Å². The maximum Gasteiger partial charge on any atom is 0.304 e. The molecule has 0 amide bonds. The lowest BCUT2D eigenvalue weighted by molar-refractivity contribution is -0.137. The van der Waals surface area contributed by atoms with Gasteiger partial charge in [0.1, 0.15) is 0 Å². The van der Waals surface area contributed by atoms with Gasteiger partial charge in [-0.15, -0.1) is 12.4 Å². The molecule has 1 aromatic carbocycles. The molecular weight excluding hydrogens is 214 g/mol. The first kappa shape index (κ1) is 13.9. The van der Waals surface area contributed by atoms with E-state index in [0.717, 1.165) is 5.56 Å². The Morgan fingerprint density at radius 1 is 1.40 bits per heavy atom. The Morgan fingerprint density at radius 3 is 2.33 bits per heavy atom. The summed E-state index contributed by atoms with van der Waals surface area (Å²) in [6.07, 6.45) is 0.0850. The molecule has 3 N–H and O–H groups in total. The normalized spacial score (nSPS) is 13.7. The molecule has 84 valence electrons. The lowest BCUT2D eigenvalue weighted by atomic mass is 9.90. The van der Waals surface area contributed by atoms with E-state index in [0.29, 0.717) is 0 Å². The molecule has 0 aliphatic rings. The molecule has 0 bridgehead atoms. The van der Waals surface area contributed by atoms with E-state index in [2.05, 4.69) is 0 Å². The first-order valence-electron chi connectivity index (χ1n) is 4.63. The van der Waals surface area contributed by atoms with Gasteiger partial charge in [-0.05, 0) is 12.5 Å². The van der Waals surface area contributed by atoms with Crippen LogP contribution in [0.15, 0.2) is 30.3 Å². The maximum atomic E-state index is 10.6. The largest absolute Gasteiger partial charge is 0.481 e. The zero-order valence-corrected chi connectivity index (χ0v) is 9.41. The fraction of sp³-hybridized carbons (Fsp3) is 0.364. The zero-order valence-electron chi connectivity index (χ0n) is 8.59. The third-order valence-corrected chi connectivity index (χ3v) is 2.26. The summed E-state index contributed by atoms with van der Waals surface area (Å²) in [6.45, 7) is 1.83. The number of rotatable bonds is 4. The summed E-state index contributed by atoms with van der Waals surface area (Å²) in [7, 11) is 0. The molecule has 2 unspecified atom stereocenters. The van der Waals surface area contributed by atoms with Crippen molar-refractivity contribution >= 4 is 18.4 Å². The molecular formula is C11H16ClNO2. The average molecular weight is 230 g/mol. The summed E-state index contributed by atoms with van der Waals surface area (Å²) >= 11 is 0. The van der Waals surface area contributed by atoms with Gasteiger partial charge in [-0.1, -0.05) is 30.3 Å². The molecule has 15 heavy (non-hydrogen) atoms. The van der Waals surface area contributed by atoms with Gasteiger partial charge in [-0.2, -0.15) is 0 Å². The summed E-state index contributed by atoms with van der Waals surface area (Å²) in [4.78, 5) is 10.6. The van der Waals surface area contributed by atoms with E-state index in [9.17, 15) is 4.79 Å². The van der Waals surface area contributed by atoms with Gasteiger partial charge in [0.2, 0.25) is 0 Å². The van der Waals surface area contributed by atoms with Crippen LogP contribution in [0.4, 0.5) is 0 Å². The van der Waals surface area contributed by atoms with Gasteiger partial charge in [0.05, 0.1) is 6.42 Å². The van der Waals surface area contributed by atoms with Crippen molar-refractivity contribution in [1.29, 1.82) is 0 Å². The molecule has 0 radical (unpaired) electrons. The first-order valence-corrected chi connectivity index (χ1v) is 4.63. The number of halogens is 1. The van der Waals surface area contributed by atoms with Crippen molar-refractivity contribution in [2.45, 2.75) is 25.3 Å². The predicted octanol–water partition coefficient (Wildman–Crippen LogP) is 2.01. The Morgan fingerprint density at radius 2 is 1.93 bits per heavy atom. The lowest BCUT2D eigenvalue weighted by Crippen LogP contribution is -2.26. The van der Waals surface area contributed by atoms with Crippen LogP contribution in [0.25, 0.3) is 0 Å². The minimum Gasteiger partial charge on any atom is -0.481 e. The van der Waals surface area contributed by atoms with Crippen LogP contribution in [0.5, 0.6) is 0 Å². The van der Waals surface area contributed by atoms with E-state index < -0.39 is 5.97 Å². The third-order valence-electron chi connectivity index (χ3n) is 2.26. The Hall–Kier alpha value is -1.06. The quantitative estimate of drug-likeness (QED) is 0.830. The van der Waals surface area contributed by atoms with E-state index in [1.807, 2.05) is 37.3 Å². The summed E-state index contributed by atoms with van der Waals surface area (Å²) in [6, 6.07) is 9.38. The van der Waals surface area contributed by atoms with Crippen LogP contribution < -0.4 is 5.73 Å². The van der Waals surface area contributed by atoms with E-state index >= 15 is 0 Å². The second-order valence-electron chi connectivity index (χ2n) is 3.47. The number of benzene rings is 1. The van der Waals surface area contributed by atoms with E-state index in [1.54, 1.807) is 0 Å². The average Bonchev–Trinajstić information content (AvgIpc) is 2.15. The summed E-state index contributed by atoms with van der Waals surface area (Å²) in [5.41, 5.74) is 6.74. The topological polar surface area (TPSA) is 63.3 Å². The number of carboxylic acid groups (broad SMARTS) is 1. The number of hydrogen-bond acceptors (Lipinski definition) is 2. The molecule has 3 nitrogen and oxygen atoms in total. The zero-order chi connectivity index (χ0) is 10.6. The standard InChI is InChI=1S/C11H15NO2.ClH/c1-8(12)10(7-11(13)14)9-5-3-2-4-6-9;/h2-6,8,10H,7,12H2,1H3,(H,13,14);1H. The fourth-order valence-corrected chi connectivity index (χ4v) is 1.50. The van der Waals surface area contributed by atoms with Crippen LogP contribution in [-0.4, -0.2) is 17.1 Å². The van der Waals surface area contributed by atoms with Crippen LogP contribution in [-0.2, 0) is 4.79 Å². The Balaban J connectivity index is 0.00000196. The highest BCUT2D eigenvalue weighted by molar-refractivity contribution is 5.85. The molecule has 1 aromatic rings. The number of nitrogens with two attached hydrogens (primary N) is 1. The highest BCUT2D eigenvalue weighted by atomic mass is 35.5. The molecule has 4 heteroatoms. The van der Waals surface area contributed by atoms with Gasteiger partial charge in [-0.3, -0.25) is 4.79 Å². The molecule has 1 rings (SSSR count). The molecule has 0 aliphatic carbocycles. The van der Waals surface area contributed by atoms with E-state index in [1.165, 1.54) is 0 Å². The number of carboxylic acids is 1. The molecule has 0 aliphatic heterocycles. The van der Waals surface area contributed by atoms with Crippen molar-refractivity contribution < 1.29 is 9.90 Å². The second-order valence-corrected chi connectivity index (χ2v) is 3.47. The highest BCUT2D eigenvalue weighted by Gasteiger charge is 2.18. The summed E-state index contributed by atoms with van der Waals surface area (Å²) in [5.74, 6) is -0.912. The molecule has 0 heterocycles. The van der Waals surface area contributed by atoms with Gasteiger partial charge in [0, 0.05) is 12.0 Å². The highest BCUT2D eigenvalue weighted by Crippen LogP contribution is 2.21. The first-order chi connectivity index (χ1) is 6.61. The van der Waals surface area contributed by atoms with Gasteiger partial charge < -0.3 is 10.8 Å². The van der Waals surface area contributed by atoms with E-state index in [4.69, 9.17) is 10.8 Å². The summed E-state index contributed by atoms with van der Waals surface area (Å²) in [5, 5.41) is 8.74. The van der Waals surface area contributed by atoms with Crippen molar-refractivity contribution in [1.82, 2.24) is 0 Å². The van der Waals surface area contributed by atoms with Crippen LogP contribution >= 0.6 is 12.4 Å². The third kappa shape index (κ3) is 4.32. The predicted molar refractivity (Wildman–Crippen MR) is 62.3 cm³/mol. The number of carbonyl (C=O) groups is 1. The molecule has 0 saturated heterocycles. The summed E-state index contributed by atoms with van der Waals surface area (Å²) < 4.78 is 0. The minimum atomic E-state index is -0.809. The van der Waals surface area contributed by atoms with Crippen molar-refractivity contribution in [3.05, 3.63) is 35.9 Å². The Bertz CT molecular complexity index is 301. The SMILES string of the molecule is CC(N)C(CC(=O)O)c1ccccc1.Cl. The van der Waals surface area contributed by atoms with Crippen molar-refractivity contribution in [3.8, 4) is 0 Å². The molecule has 0 spiro atoms. The minimum absolute atomic E-state index is 0. The van der Waals surface area contributed by atoms with Gasteiger partial charge >= 0.3 is 5.97 Å². The maximum absolute atomic E-state index is 10.6. The van der Waals surface area contributed by atoms with Gasteiger partial charge in [0.25, 0.3) is 0 Å². The van der Waals surface area contributed by atoms with Crippen LogP contribution in [0, 0.1) is 0 Å². The molecule has 0 saturated carbocycles. The van der Waals surface area contributed by atoms with Crippen LogP contribution in [0.3, 0.4) is 0 Å². The van der Waals surface area contributed by atoms with Crippen molar-refractivity contribution in [2.75, 3.05) is 0 Å². The molecule has 0 fully saturated rings.